The van der Waals surface area contributed by atoms with Gasteiger partial charge in [-0.05, 0) is 35.0 Å². The second-order valence-electron chi connectivity index (χ2n) is 3.71. The number of halogens is 1. The molecule has 0 spiro atoms. The normalized spacial score (nSPS) is 10.3. The van der Waals surface area contributed by atoms with Gasteiger partial charge in [-0.15, -0.1) is 0 Å². The third kappa shape index (κ3) is 2.98. The van der Waals surface area contributed by atoms with Crippen LogP contribution in [0.2, 0.25) is 0 Å². The molecule has 1 aromatic heterocycles. The number of imidazole rings is 1. The van der Waals surface area contributed by atoms with E-state index < -0.39 is 0 Å². The summed E-state index contributed by atoms with van der Waals surface area (Å²) >= 11 is 3.48. The van der Waals surface area contributed by atoms with E-state index in [1.165, 1.54) is 0 Å². The van der Waals surface area contributed by atoms with Gasteiger partial charge in [-0.2, -0.15) is 0 Å². The number of nitrogens with zero attached hydrogens (tertiary/aromatic N) is 2. The topological polar surface area (TPSA) is 44.1 Å². The highest BCUT2D eigenvalue weighted by atomic mass is 79.9. The van der Waals surface area contributed by atoms with E-state index in [1.807, 2.05) is 35.0 Å². The maximum Gasteiger partial charge on any atom is 0.311 e. The number of benzene rings is 1. The summed E-state index contributed by atoms with van der Waals surface area (Å²) in [5, 5.41) is 0. The maximum atomic E-state index is 11.3. The van der Waals surface area contributed by atoms with Gasteiger partial charge in [0.25, 0.3) is 0 Å². The third-order valence-corrected chi connectivity index (χ3v) is 3.07. The van der Waals surface area contributed by atoms with Crippen molar-refractivity contribution in [3.05, 3.63) is 47.0 Å². The number of hydrogen-bond acceptors (Lipinski definition) is 3. The Balaban J connectivity index is 2.16. The van der Waals surface area contributed by atoms with E-state index in [2.05, 4.69) is 20.9 Å². The molecule has 18 heavy (non-hydrogen) atoms. The lowest BCUT2D eigenvalue weighted by molar-refractivity contribution is -0.142. The molecule has 0 fully saturated rings. The molecule has 0 N–H and O–H groups in total. The lowest BCUT2D eigenvalue weighted by atomic mass is 10.3. The Morgan fingerprint density at radius 1 is 1.44 bits per heavy atom. The second kappa shape index (κ2) is 5.82. The summed E-state index contributed by atoms with van der Waals surface area (Å²) in [6, 6.07) is 7.83. The summed E-state index contributed by atoms with van der Waals surface area (Å²) in [6.07, 6.45) is 3.72. The van der Waals surface area contributed by atoms with Gasteiger partial charge in [0.2, 0.25) is 0 Å². The molecule has 0 radical (unpaired) electrons. The molecule has 4 nitrogen and oxygen atoms in total. The molecule has 0 aliphatic heterocycles. The highest BCUT2D eigenvalue weighted by molar-refractivity contribution is 9.10. The molecule has 94 valence electrons. The molecule has 0 unspecified atom stereocenters. The van der Waals surface area contributed by atoms with Crippen molar-refractivity contribution in [1.29, 1.82) is 0 Å². The molecule has 1 aromatic carbocycles. The summed E-state index contributed by atoms with van der Waals surface area (Å²) in [5.41, 5.74) is 1.68. The van der Waals surface area contributed by atoms with E-state index in [0.717, 1.165) is 10.2 Å². The Morgan fingerprint density at radius 3 is 2.94 bits per heavy atom. The van der Waals surface area contributed by atoms with Crippen LogP contribution >= 0.6 is 15.9 Å². The lowest BCUT2D eigenvalue weighted by Crippen LogP contribution is -2.07. The zero-order valence-electron chi connectivity index (χ0n) is 9.97. The minimum Gasteiger partial charge on any atom is -0.466 e. The van der Waals surface area contributed by atoms with Crippen molar-refractivity contribution in [3.8, 4) is 5.69 Å². The second-order valence-corrected chi connectivity index (χ2v) is 4.56. The number of esters is 1. The molecule has 1 heterocycles. The van der Waals surface area contributed by atoms with E-state index in [1.54, 1.807) is 13.3 Å². The molecular weight excluding hydrogens is 296 g/mol. The van der Waals surface area contributed by atoms with Crippen molar-refractivity contribution in [2.75, 3.05) is 6.61 Å². The van der Waals surface area contributed by atoms with Crippen LogP contribution in [0.1, 0.15) is 12.6 Å². The van der Waals surface area contributed by atoms with Crippen LogP contribution in [-0.4, -0.2) is 22.1 Å². The van der Waals surface area contributed by atoms with Crippen molar-refractivity contribution in [3.63, 3.8) is 0 Å². The Bertz CT molecular complexity index is 551. The number of para-hydroxylation sites is 1. The molecule has 2 rings (SSSR count). The summed E-state index contributed by atoms with van der Waals surface area (Å²) < 4.78 is 7.74. The Morgan fingerprint density at radius 2 is 2.22 bits per heavy atom. The van der Waals surface area contributed by atoms with Gasteiger partial charge in [-0.3, -0.25) is 4.79 Å². The summed E-state index contributed by atoms with van der Waals surface area (Å²) in [5.74, 6) is -0.255. The predicted octanol–water partition coefficient (Wildman–Crippen LogP) is 2.74. The third-order valence-electron chi connectivity index (χ3n) is 2.40. The van der Waals surface area contributed by atoms with Crippen LogP contribution in [0.25, 0.3) is 5.69 Å². The molecule has 0 aliphatic carbocycles. The van der Waals surface area contributed by atoms with E-state index in [-0.39, 0.29) is 12.4 Å². The van der Waals surface area contributed by atoms with Gasteiger partial charge in [0.1, 0.15) is 0 Å². The molecule has 0 aliphatic rings. The van der Waals surface area contributed by atoms with Crippen molar-refractivity contribution < 1.29 is 9.53 Å². The van der Waals surface area contributed by atoms with Crippen LogP contribution in [0.15, 0.2) is 41.3 Å². The fourth-order valence-corrected chi connectivity index (χ4v) is 2.10. The molecule has 0 amide bonds. The SMILES string of the molecule is CCOC(=O)Cc1cn(-c2ccccc2Br)cn1. The average molecular weight is 309 g/mol. The van der Waals surface area contributed by atoms with Crippen LogP contribution in [0, 0.1) is 0 Å². The van der Waals surface area contributed by atoms with Crippen molar-refractivity contribution in [2.24, 2.45) is 0 Å². The van der Waals surface area contributed by atoms with Crippen LogP contribution < -0.4 is 0 Å². The Hall–Kier alpha value is -1.62. The summed E-state index contributed by atoms with van der Waals surface area (Å²) in [4.78, 5) is 15.5. The molecule has 2 aromatic rings. The zero-order chi connectivity index (χ0) is 13.0. The first kappa shape index (κ1) is 12.8. The highest BCUT2D eigenvalue weighted by Gasteiger charge is 2.08. The average Bonchev–Trinajstić information content (AvgIpc) is 2.78. The fourth-order valence-electron chi connectivity index (χ4n) is 1.61. The number of rotatable bonds is 4. The minimum atomic E-state index is -0.255. The van der Waals surface area contributed by atoms with Crippen molar-refractivity contribution >= 4 is 21.9 Å². The monoisotopic (exact) mass is 308 g/mol. The number of carbonyl (C=O) groups excluding carboxylic acids is 1. The Kier molecular flexibility index (Phi) is 4.15. The van der Waals surface area contributed by atoms with Crippen LogP contribution in [0.5, 0.6) is 0 Å². The molecule has 5 heteroatoms. The van der Waals surface area contributed by atoms with Crippen LogP contribution in [0.4, 0.5) is 0 Å². The lowest BCUT2D eigenvalue weighted by Gasteiger charge is -2.03. The first-order valence-corrected chi connectivity index (χ1v) is 6.43. The van der Waals surface area contributed by atoms with Crippen LogP contribution in [0.3, 0.4) is 0 Å². The first-order chi connectivity index (χ1) is 8.70. The van der Waals surface area contributed by atoms with Crippen molar-refractivity contribution in [2.45, 2.75) is 13.3 Å². The molecule has 0 bridgehead atoms. The standard InChI is InChI=1S/C13H13BrN2O2/c1-2-18-13(17)7-10-8-16(9-15-10)12-6-4-3-5-11(12)14/h3-6,8-9H,2,7H2,1H3. The highest BCUT2D eigenvalue weighted by Crippen LogP contribution is 2.20. The van der Waals surface area contributed by atoms with Gasteiger partial charge in [0, 0.05) is 10.7 Å². The van der Waals surface area contributed by atoms with Gasteiger partial charge in [0.05, 0.1) is 30.7 Å². The van der Waals surface area contributed by atoms with Crippen molar-refractivity contribution in [1.82, 2.24) is 9.55 Å². The van der Waals surface area contributed by atoms with Gasteiger partial charge in [-0.1, -0.05) is 12.1 Å². The van der Waals surface area contributed by atoms with Gasteiger partial charge < -0.3 is 9.30 Å². The molecule has 0 saturated carbocycles. The fraction of sp³-hybridized carbons (Fsp3) is 0.231. The summed E-state index contributed by atoms with van der Waals surface area (Å²) in [6.45, 7) is 2.18. The van der Waals surface area contributed by atoms with Crippen LogP contribution in [-0.2, 0) is 16.0 Å². The molecular formula is C13H13BrN2O2. The molecule has 0 atom stereocenters. The minimum absolute atomic E-state index is 0.200. The van der Waals surface area contributed by atoms with E-state index in [0.29, 0.717) is 12.3 Å². The first-order valence-electron chi connectivity index (χ1n) is 5.64. The number of ether oxygens (including phenoxy) is 1. The quantitative estimate of drug-likeness (QED) is 0.816. The van der Waals surface area contributed by atoms with Gasteiger partial charge in [0.15, 0.2) is 0 Å². The predicted molar refractivity (Wildman–Crippen MR) is 71.6 cm³/mol. The zero-order valence-corrected chi connectivity index (χ0v) is 11.6. The number of carbonyl (C=O) groups is 1. The summed E-state index contributed by atoms with van der Waals surface area (Å²) in [7, 11) is 0. The number of aromatic nitrogens is 2. The van der Waals surface area contributed by atoms with Gasteiger partial charge >= 0.3 is 5.97 Å². The smallest absolute Gasteiger partial charge is 0.311 e. The number of hydrogen-bond donors (Lipinski definition) is 0. The largest absolute Gasteiger partial charge is 0.466 e. The van der Waals surface area contributed by atoms with E-state index in [9.17, 15) is 4.79 Å². The molecule has 0 saturated heterocycles. The van der Waals surface area contributed by atoms with Gasteiger partial charge in [-0.25, -0.2) is 4.98 Å². The van der Waals surface area contributed by atoms with E-state index >= 15 is 0 Å². The maximum absolute atomic E-state index is 11.3. The Labute approximate surface area is 114 Å². The van der Waals surface area contributed by atoms with E-state index in [4.69, 9.17) is 4.74 Å².